The zero-order chi connectivity index (χ0) is 13.3. The quantitative estimate of drug-likeness (QED) is 0.780. The molecule has 1 spiro atoms. The summed E-state index contributed by atoms with van der Waals surface area (Å²) in [6, 6.07) is 0.875. The predicted octanol–water partition coefficient (Wildman–Crippen LogP) is 3.42. The maximum absolute atomic E-state index is 3.88. The second-order valence-corrected chi connectivity index (χ2v) is 7.81. The van der Waals surface area contributed by atoms with Gasteiger partial charge in [-0.1, -0.05) is 33.1 Å². The molecule has 1 heterocycles. The first kappa shape index (κ1) is 13.9. The van der Waals surface area contributed by atoms with Crippen molar-refractivity contribution in [3.8, 4) is 0 Å². The Kier molecular flexibility index (Phi) is 4.19. The van der Waals surface area contributed by atoms with E-state index in [2.05, 4.69) is 24.1 Å². The highest BCUT2D eigenvalue weighted by Crippen LogP contribution is 2.36. The lowest BCUT2D eigenvalue weighted by atomic mass is 9.77. The summed E-state index contributed by atoms with van der Waals surface area (Å²) in [4.78, 5) is 2.86. The molecule has 0 aromatic carbocycles. The summed E-state index contributed by atoms with van der Waals surface area (Å²) in [5.41, 5.74) is 0.487. The Labute approximate surface area is 119 Å². The zero-order valence-corrected chi connectivity index (χ0v) is 13.0. The summed E-state index contributed by atoms with van der Waals surface area (Å²) in [5.74, 6) is 1.87. The van der Waals surface area contributed by atoms with E-state index >= 15 is 0 Å². The number of piperazine rings is 1. The molecule has 0 amide bonds. The molecule has 2 heteroatoms. The average Bonchev–Trinajstić information content (AvgIpc) is 2.38. The molecule has 3 fully saturated rings. The lowest BCUT2D eigenvalue weighted by Crippen LogP contribution is -2.63. The molecule has 2 aliphatic carbocycles. The van der Waals surface area contributed by atoms with Gasteiger partial charge in [-0.15, -0.1) is 0 Å². The van der Waals surface area contributed by atoms with Crippen molar-refractivity contribution in [1.29, 1.82) is 0 Å². The van der Waals surface area contributed by atoms with Gasteiger partial charge in [0.05, 0.1) is 0 Å². The number of hydrogen-bond acceptors (Lipinski definition) is 2. The van der Waals surface area contributed by atoms with Crippen LogP contribution >= 0.6 is 0 Å². The third kappa shape index (κ3) is 3.16. The van der Waals surface area contributed by atoms with Crippen LogP contribution in [0.5, 0.6) is 0 Å². The van der Waals surface area contributed by atoms with Gasteiger partial charge in [-0.25, -0.2) is 0 Å². The molecular weight excluding hydrogens is 232 g/mol. The van der Waals surface area contributed by atoms with Gasteiger partial charge in [-0.3, -0.25) is 4.90 Å². The van der Waals surface area contributed by atoms with Gasteiger partial charge in [0.2, 0.25) is 0 Å². The van der Waals surface area contributed by atoms with Gasteiger partial charge >= 0.3 is 0 Å². The topological polar surface area (TPSA) is 15.3 Å². The third-order valence-corrected chi connectivity index (χ3v) is 5.89. The van der Waals surface area contributed by atoms with Crippen LogP contribution < -0.4 is 5.32 Å². The highest BCUT2D eigenvalue weighted by molar-refractivity contribution is 4.98. The Morgan fingerprint density at radius 2 is 1.63 bits per heavy atom. The molecule has 1 aliphatic heterocycles. The molecule has 0 radical (unpaired) electrons. The molecule has 110 valence electrons. The number of rotatable bonds is 1. The molecule has 2 nitrogen and oxygen atoms in total. The molecule has 1 saturated heterocycles. The minimum absolute atomic E-state index is 0.487. The second kappa shape index (κ2) is 5.73. The van der Waals surface area contributed by atoms with Crippen molar-refractivity contribution in [2.24, 2.45) is 11.8 Å². The van der Waals surface area contributed by atoms with E-state index in [1.165, 1.54) is 71.0 Å². The molecule has 0 bridgehead atoms. The normalized spacial score (nSPS) is 40.4. The van der Waals surface area contributed by atoms with Gasteiger partial charge in [0.15, 0.2) is 0 Å². The fourth-order valence-corrected chi connectivity index (χ4v) is 5.07. The van der Waals surface area contributed by atoms with Crippen LogP contribution in [0.25, 0.3) is 0 Å². The van der Waals surface area contributed by atoms with Crippen molar-refractivity contribution in [3.05, 3.63) is 0 Å². The first-order valence-electron chi connectivity index (χ1n) is 8.66. The molecule has 1 N–H and O–H groups in total. The van der Waals surface area contributed by atoms with E-state index in [1.807, 2.05) is 0 Å². The number of nitrogens with zero attached hydrogens (tertiary/aromatic N) is 1. The van der Waals surface area contributed by atoms with Gasteiger partial charge in [-0.2, -0.15) is 0 Å². The van der Waals surface area contributed by atoms with Crippen LogP contribution in [0.4, 0.5) is 0 Å². The Morgan fingerprint density at radius 3 is 2.32 bits per heavy atom. The van der Waals surface area contributed by atoms with Gasteiger partial charge in [-0.05, 0) is 43.9 Å². The molecule has 2 unspecified atom stereocenters. The van der Waals surface area contributed by atoms with E-state index < -0.39 is 0 Å². The molecule has 19 heavy (non-hydrogen) atoms. The minimum atomic E-state index is 0.487. The van der Waals surface area contributed by atoms with E-state index in [9.17, 15) is 0 Å². The van der Waals surface area contributed by atoms with Gasteiger partial charge in [0.25, 0.3) is 0 Å². The van der Waals surface area contributed by atoms with E-state index in [0.717, 1.165) is 17.9 Å². The Bertz CT molecular complexity index is 280. The van der Waals surface area contributed by atoms with Crippen molar-refractivity contribution in [1.82, 2.24) is 10.2 Å². The summed E-state index contributed by atoms with van der Waals surface area (Å²) in [6.07, 6.45) is 11.5. The van der Waals surface area contributed by atoms with Crippen molar-refractivity contribution in [2.75, 3.05) is 19.6 Å². The Balaban J connectivity index is 1.64. The highest BCUT2D eigenvalue weighted by atomic mass is 15.2. The first-order chi connectivity index (χ1) is 9.17. The lowest BCUT2D eigenvalue weighted by molar-refractivity contribution is 0.0360. The fourth-order valence-electron chi connectivity index (χ4n) is 5.07. The van der Waals surface area contributed by atoms with E-state index in [-0.39, 0.29) is 0 Å². The van der Waals surface area contributed by atoms with E-state index in [1.54, 1.807) is 0 Å². The number of hydrogen-bond donors (Lipinski definition) is 1. The van der Waals surface area contributed by atoms with Crippen molar-refractivity contribution in [2.45, 2.75) is 76.8 Å². The van der Waals surface area contributed by atoms with Crippen molar-refractivity contribution in [3.63, 3.8) is 0 Å². The zero-order valence-electron chi connectivity index (χ0n) is 13.0. The molecule has 2 saturated carbocycles. The highest BCUT2D eigenvalue weighted by Gasteiger charge is 2.39. The molecular formula is C17H32N2. The average molecular weight is 264 g/mol. The Hall–Kier alpha value is -0.0800. The molecule has 0 aromatic heterocycles. The second-order valence-electron chi connectivity index (χ2n) is 7.81. The lowest BCUT2D eigenvalue weighted by Gasteiger charge is -2.50. The van der Waals surface area contributed by atoms with Crippen LogP contribution in [0.3, 0.4) is 0 Å². The van der Waals surface area contributed by atoms with Crippen LogP contribution in [0.2, 0.25) is 0 Å². The summed E-state index contributed by atoms with van der Waals surface area (Å²) in [7, 11) is 0. The summed E-state index contributed by atoms with van der Waals surface area (Å²) >= 11 is 0. The fraction of sp³-hybridized carbons (Fsp3) is 1.00. The van der Waals surface area contributed by atoms with Gasteiger partial charge in [0, 0.05) is 31.2 Å². The maximum atomic E-state index is 3.88. The largest absolute Gasteiger partial charge is 0.309 e. The third-order valence-electron chi connectivity index (χ3n) is 5.89. The predicted molar refractivity (Wildman–Crippen MR) is 81.4 cm³/mol. The van der Waals surface area contributed by atoms with Gasteiger partial charge in [0.1, 0.15) is 0 Å². The van der Waals surface area contributed by atoms with Crippen molar-refractivity contribution >= 4 is 0 Å². The van der Waals surface area contributed by atoms with Crippen LogP contribution in [0, 0.1) is 11.8 Å². The maximum Gasteiger partial charge on any atom is 0.0309 e. The van der Waals surface area contributed by atoms with E-state index in [4.69, 9.17) is 0 Å². The minimum Gasteiger partial charge on any atom is -0.309 e. The van der Waals surface area contributed by atoms with Crippen LogP contribution in [-0.4, -0.2) is 36.1 Å². The van der Waals surface area contributed by atoms with Crippen LogP contribution in [0.15, 0.2) is 0 Å². The Morgan fingerprint density at radius 1 is 0.947 bits per heavy atom. The number of nitrogens with one attached hydrogen (secondary N) is 1. The van der Waals surface area contributed by atoms with Crippen LogP contribution in [0.1, 0.15) is 65.2 Å². The smallest absolute Gasteiger partial charge is 0.0309 e. The molecule has 2 atom stereocenters. The summed E-state index contributed by atoms with van der Waals surface area (Å²) < 4.78 is 0. The van der Waals surface area contributed by atoms with Gasteiger partial charge < -0.3 is 5.32 Å². The summed E-state index contributed by atoms with van der Waals surface area (Å²) in [6.45, 7) is 8.75. The summed E-state index contributed by atoms with van der Waals surface area (Å²) in [5, 5.41) is 3.88. The molecule has 3 aliphatic rings. The monoisotopic (exact) mass is 264 g/mol. The standard InChI is InChI=1S/C17H32N2/c1-14-10-15(2)12-16(11-14)19-9-8-18-17(13-19)6-4-3-5-7-17/h14-16,18H,3-13H2,1-2H3. The first-order valence-corrected chi connectivity index (χ1v) is 8.66. The molecule has 3 rings (SSSR count). The SMILES string of the molecule is CC1CC(C)CC(N2CCNC3(CCCCC3)C2)C1. The van der Waals surface area contributed by atoms with Crippen LogP contribution in [-0.2, 0) is 0 Å². The van der Waals surface area contributed by atoms with E-state index in [0.29, 0.717) is 5.54 Å². The molecule has 0 aromatic rings. The van der Waals surface area contributed by atoms with Crippen molar-refractivity contribution < 1.29 is 0 Å².